The summed E-state index contributed by atoms with van der Waals surface area (Å²) in [6.07, 6.45) is -13.0. The van der Waals surface area contributed by atoms with Gasteiger partial charge in [-0.15, -0.1) is 0 Å². The molecular weight excluding hydrogens is 975 g/mol. The standard InChI is InChI=1S/2C13H21F2NO6.C8H9NO2.C7H9NO3S.2Na/c2*1-6(2)11(19)16-7-5-9(14)13(15,12(20)21)22-10(7)8(18)3-4-17;1-11-7-4-2-6(3-5-7)8(9)10;1-11-6-2-4-7(5-3-6)12(8,9)10;;/h2*6-10,17-18H,3-5H2,1-2H3,(H,16,19)(H,20,21);2-5H,1H3,(H2,9,10);2-5H,1H3,(H2,8,9,10);;/q;;;;2*+1/p-2. The molecule has 2 aromatic rings. The van der Waals surface area contributed by atoms with E-state index in [1.54, 1.807) is 71.2 Å². The number of carboxylic acids is 2. The first kappa shape index (κ1) is 67.9. The number of carbonyl (C=O) groups is 5. The Morgan fingerprint density at radius 2 is 1.04 bits per heavy atom. The number of primary sulfonamides is 1. The van der Waals surface area contributed by atoms with Gasteiger partial charge in [0, 0.05) is 43.5 Å². The topological polar surface area (TPSA) is 360 Å². The molecule has 0 radical (unpaired) electrons. The molecule has 0 bridgehead atoms. The van der Waals surface area contributed by atoms with Crippen molar-refractivity contribution in [3.05, 3.63) is 54.1 Å². The second kappa shape index (κ2) is 31.3. The zero-order chi connectivity index (χ0) is 51.6. The minimum atomic E-state index is -3.71. The number of halogens is 4. The molecule has 2 aromatic carbocycles. The van der Waals surface area contributed by atoms with Crippen molar-refractivity contribution in [1.29, 1.82) is 0 Å². The van der Waals surface area contributed by atoms with E-state index in [-0.39, 0.29) is 76.9 Å². The molecular formula is C41H58F4N4Na2O17S. The van der Waals surface area contributed by atoms with Crippen LogP contribution in [-0.4, -0.2) is 146 Å². The number of nitrogens with one attached hydrogen (secondary N) is 2. The van der Waals surface area contributed by atoms with Gasteiger partial charge in [0.1, 0.15) is 35.6 Å². The van der Waals surface area contributed by atoms with Gasteiger partial charge < -0.3 is 75.5 Å². The van der Waals surface area contributed by atoms with Crippen molar-refractivity contribution >= 4 is 39.7 Å². The largest absolute Gasteiger partial charge is 1.00 e. The third-order valence-corrected chi connectivity index (χ3v) is 10.7. The van der Waals surface area contributed by atoms with Crippen molar-refractivity contribution in [2.24, 2.45) is 22.7 Å². The van der Waals surface area contributed by atoms with Gasteiger partial charge in [0.25, 0.3) is 11.7 Å². The number of nitrogens with two attached hydrogens (primary N) is 2. The van der Waals surface area contributed by atoms with Crippen molar-refractivity contribution in [3.8, 4) is 11.5 Å². The number of hydrogen-bond acceptors (Lipinski definition) is 17. The Hall–Kier alpha value is -3.22. The van der Waals surface area contributed by atoms with E-state index >= 15 is 0 Å². The van der Waals surface area contributed by atoms with Crippen LogP contribution in [0, 0.1) is 11.8 Å². The van der Waals surface area contributed by atoms with Gasteiger partial charge >= 0.3 is 59.1 Å². The van der Waals surface area contributed by atoms with E-state index in [0.717, 1.165) is 5.75 Å². The number of benzene rings is 2. The Balaban J connectivity index is 0. The summed E-state index contributed by atoms with van der Waals surface area (Å²) in [5, 5.41) is 68.6. The van der Waals surface area contributed by atoms with Crippen LogP contribution in [-0.2, 0) is 38.7 Å². The van der Waals surface area contributed by atoms with Gasteiger partial charge in [0.05, 0.1) is 43.4 Å². The first-order valence-corrected chi connectivity index (χ1v) is 21.8. The SMILES string of the molecule is CC(C)C(=O)NC1CC(F)C(F)(C(=O)[O-])OC1C(O)CCO.CC(C)C(=O)NC1CC(F)C(F)(C(=O)[O-])OC1C(O)CCO.COc1ccc(C(N)=O)cc1.COc1ccc(S(N)(=O)=O)cc1.[Na+].[Na+]. The minimum absolute atomic E-state index is 0. The number of hydrogen-bond donors (Lipinski definition) is 8. The Labute approximate surface area is 440 Å². The molecule has 10 atom stereocenters. The Kier molecular flexibility index (Phi) is 30.8. The Bertz CT molecular complexity index is 1960. The quantitative estimate of drug-likeness (QED) is 0.0572. The number of sulfonamides is 1. The van der Waals surface area contributed by atoms with Crippen LogP contribution in [0.5, 0.6) is 11.5 Å². The van der Waals surface area contributed by atoms with Gasteiger partial charge in [0.2, 0.25) is 27.7 Å². The fourth-order valence-electron chi connectivity index (χ4n) is 5.87. The predicted molar refractivity (Wildman–Crippen MR) is 221 cm³/mol. The van der Waals surface area contributed by atoms with Crippen LogP contribution in [0.4, 0.5) is 17.6 Å². The average molecular weight is 1030 g/mol. The zero-order valence-corrected chi connectivity index (χ0v) is 44.1. The van der Waals surface area contributed by atoms with Gasteiger partial charge in [-0.2, -0.15) is 0 Å². The maximum Gasteiger partial charge on any atom is 1.00 e. The number of aliphatic hydroxyl groups is 4. The van der Waals surface area contributed by atoms with E-state index < -0.39 is 138 Å². The first-order chi connectivity index (χ1) is 31.0. The Morgan fingerprint density at radius 3 is 1.29 bits per heavy atom. The second-order valence-electron chi connectivity index (χ2n) is 15.4. The fourth-order valence-corrected chi connectivity index (χ4v) is 6.38. The van der Waals surface area contributed by atoms with Crippen LogP contribution in [0.2, 0.25) is 0 Å². The predicted octanol–water partition coefficient (Wildman–Crippen LogP) is -8.03. The Morgan fingerprint density at radius 1 is 0.725 bits per heavy atom. The maximum absolute atomic E-state index is 14.1. The third-order valence-electron chi connectivity index (χ3n) is 9.77. The normalized spacial score (nSPS) is 24.8. The van der Waals surface area contributed by atoms with Crippen molar-refractivity contribution in [1.82, 2.24) is 10.6 Å². The van der Waals surface area contributed by atoms with E-state index in [0.29, 0.717) is 11.3 Å². The van der Waals surface area contributed by atoms with Crippen LogP contribution in [0.3, 0.4) is 0 Å². The van der Waals surface area contributed by atoms with E-state index in [1.165, 1.54) is 19.2 Å². The molecule has 21 nitrogen and oxygen atoms in total. The molecule has 2 saturated heterocycles. The summed E-state index contributed by atoms with van der Waals surface area (Å²) < 4.78 is 96.2. The number of ether oxygens (including phenoxy) is 4. The van der Waals surface area contributed by atoms with E-state index in [4.69, 9.17) is 30.6 Å². The van der Waals surface area contributed by atoms with Crippen LogP contribution in [0.1, 0.15) is 63.7 Å². The first-order valence-electron chi connectivity index (χ1n) is 20.3. The molecule has 69 heavy (non-hydrogen) atoms. The molecule has 2 aliphatic rings. The third kappa shape index (κ3) is 20.8. The van der Waals surface area contributed by atoms with Crippen molar-refractivity contribution in [2.75, 3.05) is 27.4 Å². The number of rotatable bonds is 16. The monoisotopic (exact) mass is 1030 g/mol. The molecule has 2 fully saturated rings. The fraction of sp³-hybridized carbons (Fsp3) is 0.585. The molecule has 10 unspecified atom stereocenters. The molecule has 380 valence electrons. The van der Waals surface area contributed by atoms with E-state index in [2.05, 4.69) is 20.1 Å². The maximum atomic E-state index is 14.1. The van der Waals surface area contributed by atoms with Crippen molar-refractivity contribution < 1.29 is 159 Å². The smallest absolute Gasteiger partial charge is 0.544 e. The average Bonchev–Trinajstić information content (AvgIpc) is 3.26. The molecule has 10 N–H and O–H groups in total. The van der Waals surface area contributed by atoms with Gasteiger partial charge in [-0.3, -0.25) is 14.4 Å². The number of aliphatic carboxylic acids is 2. The van der Waals surface area contributed by atoms with Gasteiger partial charge in [0.15, 0.2) is 12.3 Å². The molecule has 0 saturated carbocycles. The van der Waals surface area contributed by atoms with Gasteiger partial charge in [-0.25, -0.2) is 31.1 Å². The number of carbonyl (C=O) groups excluding carboxylic acids is 5. The number of amides is 3. The number of aliphatic hydroxyl groups excluding tert-OH is 4. The van der Waals surface area contributed by atoms with Crippen LogP contribution in [0.25, 0.3) is 0 Å². The van der Waals surface area contributed by atoms with Gasteiger partial charge in [-0.1, -0.05) is 27.7 Å². The molecule has 2 heterocycles. The number of alkyl halides is 4. The molecule has 4 rings (SSSR count). The molecule has 0 spiro atoms. The molecule has 3 amide bonds. The van der Waals surface area contributed by atoms with Gasteiger partial charge in [-0.05, 0) is 61.4 Å². The molecule has 2 aliphatic heterocycles. The number of carboxylic acid groups (broad SMARTS) is 2. The summed E-state index contributed by atoms with van der Waals surface area (Å²) in [6, 6.07) is 10.3. The zero-order valence-electron chi connectivity index (χ0n) is 39.3. The summed E-state index contributed by atoms with van der Waals surface area (Å²) in [5.41, 5.74) is 5.52. The molecule has 0 aliphatic carbocycles. The summed E-state index contributed by atoms with van der Waals surface area (Å²) in [4.78, 5) is 55.6. The number of methoxy groups -OCH3 is 2. The summed E-state index contributed by atoms with van der Waals surface area (Å²) in [5.74, 6) is -13.2. The summed E-state index contributed by atoms with van der Waals surface area (Å²) >= 11 is 0. The van der Waals surface area contributed by atoms with Crippen LogP contribution in [0.15, 0.2) is 53.4 Å². The van der Waals surface area contributed by atoms with Crippen LogP contribution >= 0.6 is 0 Å². The minimum Gasteiger partial charge on any atom is -0.544 e. The summed E-state index contributed by atoms with van der Waals surface area (Å²) in [6.45, 7) is 5.35. The second-order valence-corrected chi connectivity index (χ2v) is 17.0. The van der Waals surface area contributed by atoms with Crippen molar-refractivity contribution in [3.63, 3.8) is 0 Å². The summed E-state index contributed by atoms with van der Waals surface area (Å²) in [7, 11) is -0.509. The molecule has 28 heteroatoms. The van der Waals surface area contributed by atoms with E-state index in [9.17, 15) is 70.4 Å². The molecule has 0 aromatic heterocycles. The van der Waals surface area contributed by atoms with Crippen LogP contribution < -0.4 is 100 Å². The number of primary amides is 1. The van der Waals surface area contributed by atoms with Crippen molar-refractivity contribution in [2.45, 2.75) is 119 Å². The van der Waals surface area contributed by atoms with E-state index in [1.807, 2.05) is 0 Å².